The lowest BCUT2D eigenvalue weighted by Gasteiger charge is -2.17. The van der Waals surface area contributed by atoms with Crippen LogP contribution in [0.2, 0.25) is 0 Å². The highest BCUT2D eigenvalue weighted by atomic mass is 35.5. The van der Waals surface area contributed by atoms with E-state index in [0.29, 0.717) is 33.1 Å². The molecule has 0 unspecified atom stereocenters. The minimum absolute atomic E-state index is 0. The molecule has 0 bridgehead atoms. The number of fused-ring (bicyclic) bond motifs is 2. The molecular formula is C15H9ClN2O3. The van der Waals surface area contributed by atoms with Gasteiger partial charge in [-0.25, -0.2) is 9.59 Å². The van der Waals surface area contributed by atoms with Crippen molar-refractivity contribution in [1.82, 2.24) is 4.98 Å². The fraction of sp³-hybridized carbons (Fsp3) is 0. The molecule has 1 aliphatic rings. The molecule has 4 rings (SSSR count). The lowest BCUT2D eigenvalue weighted by atomic mass is 9.94. The van der Waals surface area contributed by atoms with Gasteiger partial charge in [-0.05, 0) is 24.3 Å². The molecule has 2 N–H and O–H groups in total. The summed E-state index contributed by atoms with van der Waals surface area (Å²) in [6.45, 7) is 0. The molecule has 2 aromatic carbocycles. The Morgan fingerprint density at radius 2 is 1.76 bits per heavy atom. The van der Waals surface area contributed by atoms with E-state index < -0.39 is 11.9 Å². The van der Waals surface area contributed by atoms with Crippen LogP contribution in [0.1, 0.15) is 20.7 Å². The number of carbonyl (C=O) groups excluding carboxylic acids is 2. The van der Waals surface area contributed by atoms with Gasteiger partial charge in [0.05, 0.1) is 16.6 Å². The highest BCUT2D eigenvalue weighted by Gasteiger charge is 2.28. The topological polar surface area (TPSA) is 82.3 Å². The van der Waals surface area contributed by atoms with Crippen LogP contribution < -0.4 is 5.73 Å². The van der Waals surface area contributed by atoms with Crippen molar-refractivity contribution in [2.45, 2.75) is 0 Å². The van der Waals surface area contributed by atoms with Crippen molar-refractivity contribution in [3.8, 4) is 0 Å². The zero-order valence-electron chi connectivity index (χ0n) is 10.6. The Hall–Kier alpha value is -2.66. The number of aromatic nitrogens is 1. The molecule has 5 nitrogen and oxygen atoms in total. The van der Waals surface area contributed by atoms with Crippen LogP contribution in [0.15, 0.2) is 36.5 Å². The number of nitrogen functional groups attached to an aromatic ring is 1. The molecule has 6 heteroatoms. The van der Waals surface area contributed by atoms with Gasteiger partial charge in [0.25, 0.3) is 0 Å². The van der Waals surface area contributed by atoms with Crippen molar-refractivity contribution < 1.29 is 14.3 Å². The summed E-state index contributed by atoms with van der Waals surface area (Å²) < 4.78 is 4.75. The molecule has 104 valence electrons. The molecule has 0 saturated carbocycles. The van der Waals surface area contributed by atoms with Gasteiger partial charge in [0.1, 0.15) is 0 Å². The van der Waals surface area contributed by atoms with E-state index in [4.69, 9.17) is 10.5 Å². The number of cyclic esters (lactones) is 2. The molecule has 0 radical (unpaired) electrons. The number of benzene rings is 2. The third-order valence-electron chi connectivity index (χ3n) is 3.45. The van der Waals surface area contributed by atoms with Gasteiger partial charge in [-0.1, -0.05) is 6.07 Å². The standard InChI is InChI=1S/C15H8N2O3.ClH/c16-8-5-9-12-10(4-7-2-1-3-17-13(7)9)14(18)20-15(19)11(12)6-8;/h1-6H,16H2;1H. The summed E-state index contributed by atoms with van der Waals surface area (Å²) in [5.74, 6) is -1.31. The van der Waals surface area contributed by atoms with Crippen molar-refractivity contribution in [1.29, 1.82) is 0 Å². The predicted octanol–water partition coefficient (Wildman–Crippen LogP) is 2.70. The van der Waals surface area contributed by atoms with E-state index in [1.165, 1.54) is 6.07 Å². The first kappa shape index (κ1) is 13.3. The first-order chi connectivity index (χ1) is 9.65. The number of anilines is 1. The van der Waals surface area contributed by atoms with Crippen LogP contribution in [-0.2, 0) is 4.74 Å². The maximum absolute atomic E-state index is 11.9. The second kappa shape index (κ2) is 4.43. The Balaban J connectivity index is 0.00000132. The second-order valence-electron chi connectivity index (χ2n) is 4.67. The van der Waals surface area contributed by atoms with Gasteiger partial charge < -0.3 is 10.5 Å². The average molecular weight is 301 g/mol. The molecule has 0 saturated heterocycles. The van der Waals surface area contributed by atoms with Crippen LogP contribution in [0, 0.1) is 0 Å². The largest absolute Gasteiger partial charge is 0.399 e. The molecule has 0 atom stereocenters. The highest BCUT2D eigenvalue weighted by Crippen LogP contribution is 2.35. The number of nitrogens with zero attached hydrogens (tertiary/aromatic N) is 1. The van der Waals surface area contributed by atoms with Crippen LogP contribution in [-0.4, -0.2) is 16.9 Å². The third kappa shape index (κ3) is 1.75. The fourth-order valence-corrected chi connectivity index (χ4v) is 2.64. The molecule has 0 fully saturated rings. The smallest absolute Gasteiger partial charge is 0.346 e. The summed E-state index contributed by atoms with van der Waals surface area (Å²) in [6, 6.07) is 8.58. The zero-order valence-corrected chi connectivity index (χ0v) is 11.4. The van der Waals surface area contributed by atoms with E-state index in [2.05, 4.69) is 4.98 Å². The lowest BCUT2D eigenvalue weighted by Crippen LogP contribution is -2.20. The molecular weight excluding hydrogens is 292 g/mol. The molecule has 3 aromatic rings. The number of ether oxygens (including phenoxy) is 1. The normalized spacial score (nSPS) is 13.1. The number of halogens is 1. The first-order valence-electron chi connectivity index (χ1n) is 6.02. The van der Waals surface area contributed by atoms with Gasteiger partial charge in [-0.2, -0.15) is 0 Å². The number of rotatable bonds is 0. The number of esters is 2. The monoisotopic (exact) mass is 300 g/mol. The molecule has 21 heavy (non-hydrogen) atoms. The van der Waals surface area contributed by atoms with Crippen molar-refractivity contribution in [2.75, 3.05) is 5.73 Å². The molecule has 0 spiro atoms. The minimum Gasteiger partial charge on any atom is -0.399 e. The van der Waals surface area contributed by atoms with E-state index in [0.717, 1.165) is 5.39 Å². The Kier molecular flexibility index (Phi) is 2.81. The van der Waals surface area contributed by atoms with Gasteiger partial charge in [0.2, 0.25) is 0 Å². The fourth-order valence-electron chi connectivity index (χ4n) is 2.64. The number of nitrogens with two attached hydrogens (primary N) is 1. The lowest BCUT2D eigenvalue weighted by molar-refractivity contribution is 0.0391. The van der Waals surface area contributed by atoms with Crippen LogP contribution in [0.4, 0.5) is 5.69 Å². The maximum atomic E-state index is 11.9. The quantitative estimate of drug-likeness (QED) is 0.299. The molecule has 2 heterocycles. The summed E-state index contributed by atoms with van der Waals surface area (Å²) in [5, 5.41) is 2.06. The summed E-state index contributed by atoms with van der Waals surface area (Å²) in [7, 11) is 0. The van der Waals surface area contributed by atoms with Crippen molar-refractivity contribution in [2.24, 2.45) is 0 Å². The molecule has 0 aliphatic carbocycles. The second-order valence-corrected chi connectivity index (χ2v) is 4.67. The van der Waals surface area contributed by atoms with Crippen molar-refractivity contribution in [3.63, 3.8) is 0 Å². The van der Waals surface area contributed by atoms with E-state index in [1.807, 2.05) is 6.07 Å². The summed E-state index contributed by atoms with van der Waals surface area (Å²) in [4.78, 5) is 28.1. The number of carbonyl (C=O) groups is 2. The van der Waals surface area contributed by atoms with Gasteiger partial charge in [0.15, 0.2) is 0 Å². The number of hydrogen-bond acceptors (Lipinski definition) is 5. The van der Waals surface area contributed by atoms with Gasteiger partial charge >= 0.3 is 11.9 Å². The Bertz CT molecular complexity index is 937. The van der Waals surface area contributed by atoms with Crippen LogP contribution in [0.3, 0.4) is 0 Å². The molecule has 1 aliphatic heterocycles. The summed E-state index contributed by atoms with van der Waals surface area (Å²) in [5.41, 5.74) is 7.66. The van der Waals surface area contributed by atoms with E-state index >= 15 is 0 Å². The van der Waals surface area contributed by atoms with Gasteiger partial charge in [0, 0.05) is 28.0 Å². The Morgan fingerprint density at radius 1 is 1.05 bits per heavy atom. The number of hydrogen-bond donors (Lipinski definition) is 1. The first-order valence-corrected chi connectivity index (χ1v) is 6.02. The van der Waals surface area contributed by atoms with Crippen molar-refractivity contribution >= 4 is 51.7 Å². The predicted molar refractivity (Wildman–Crippen MR) is 80.7 cm³/mol. The third-order valence-corrected chi connectivity index (χ3v) is 3.45. The van der Waals surface area contributed by atoms with Gasteiger partial charge in [-0.15, -0.1) is 12.4 Å². The van der Waals surface area contributed by atoms with Crippen LogP contribution >= 0.6 is 12.4 Å². The SMILES string of the molecule is Cl.Nc1cc2c3c(cc4cccnc4c3c1)C(=O)OC2=O. The number of pyridine rings is 1. The van der Waals surface area contributed by atoms with Crippen molar-refractivity contribution in [3.05, 3.63) is 47.7 Å². The average Bonchev–Trinajstić information content (AvgIpc) is 2.44. The molecule has 0 amide bonds. The molecule has 1 aromatic heterocycles. The minimum atomic E-state index is -0.671. The summed E-state index contributed by atoms with van der Waals surface area (Å²) in [6.07, 6.45) is 1.66. The highest BCUT2D eigenvalue weighted by molar-refractivity contribution is 6.26. The zero-order chi connectivity index (χ0) is 13.9. The van der Waals surface area contributed by atoms with Crippen LogP contribution in [0.5, 0.6) is 0 Å². The van der Waals surface area contributed by atoms with E-state index in [-0.39, 0.29) is 12.4 Å². The van der Waals surface area contributed by atoms with E-state index in [1.54, 1.807) is 24.4 Å². The Labute approximate surface area is 125 Å². The Morgan fingerprint density at radius 3 is 2.52 bits per heavy atom. The summed E-state index contributed by atoms with van der Waals surface area (Å²) >= 11 is 0. The van der Waals surface area contributed by atoms with Gasteiger partial charge in [-0.3, -0.25) is 4.98 Å². The maximum Gasteiger partial charge on any atom is 0.346 e. The van der Waals surface area contributed by atoms with E-state index in [9.17, 15) is 9.59 Å². The van der Waals surface area contributed by atoms with Crippen LogP contribution in [0.25, 0.3) is 21.7 Å².